The highest BCUT2D eigenvalue weighted by Gasteiger charge is 2.19. The van der Waals surface area contributed by atoms with E-state index in [9.17, 15) is 23.6 Å². The molecule has 0 aromatic heterocycles. The molecule has 0 heterocycles. The third-order valence-electron chi connectivity index (χ3n) is 3.89. The molecule has 28 heavy (non-hydrogen) atoms. The Bertz CT molecular complexity index is 1220. The molecular weight excluding hydrogens is 388 g/mol. The monoisotopic (exact) mass is 401 g/mol. The van der Waals surface area contributed by atoms with Gasteiger partial charge < -0.3 is 9.84 Å². The third-order valence-corrected chi connectivity index (χ3v) is 4.83. The number of nitrogens with two attached hydrogens (primary N) is 1. The van der Waals surface area contributed by atoms with Crippen LogP contribution >= 0.6 is 0 Å². The van der Waals surface area contributed by atoms with Gasteiger partial charge in [-0.15, -0.1) is 16.0 Å². The lowest BCUT2D eigenvalue weighted by Crippen LogP contribution is -2.12. The van der Waals surface area contributed by atoms with Gasteiger partial charge in [0.05, 0.1) is 23.1 Å². The van der Waals surface area contributed by atoms with Gasteiger partial charge in [-0.05, 0) is 23.6 Å². The van der Waals surface area contributed by atoms with Crippen LogP contribution in [0.4, 0.5) is 17.1 Å². The SMILES string of the molecule is COc1cccc2c([O-])ccc(N=Nc3ccc([N+](=O)[O-])cc3S(N)(=O)=O)c12. The Morgan fingerprint density at radius 2 is 1.75 bits per heavy atom. The highest BCUT2D eigenvalue weighted by Crippen LogP contribution is 2.39. The van der Waals surface area contributed by atoms with Gasteiger partial charge in [0.1, 0.15) is 16.3 Å². The molecule has 0 radical (unpaired) electrons. The lowest BCUT2D eigenvalue weighted by atomic mass is 10.1. The number of sulfonamides is 1. The molecule has 0 aliphatic carbocycles. The van der Waals surface area contributed by atoms with Crippen LogP contribution in [-0.4, -0.2) is 20.5 Å². The number of ether oxygens (including phenoxy) is 1. The number of nitro groups is 1. The second-order valence-electron chi connectivity index (χ2n) is 5.62. The third kappa shape index (κ3) is 3.61. The Balaban J connectivity index is 2.18. The molecule has 0 aliphatic heterocycles. The number of benzene rings is 3. The van der Waals surface area contributed by atoms with Gasteiger partial charge in [0.25, 0.3) is 5.69 Å². The summed E-state index contributed by atoms with van der Waals surface area (Å²) in [5.41, 5.74) is -0.376. The highest BCUT2D eigenvalue weighted by atomic mass is 32.2. The van der Waals surface area contributed by atoms with Crippen molar-refractivity contribution in [2.24, 2.45) is 15.4 Å². The van der Waals surface area contributed by atoms with E-state index < -0.39 is 25.5 Å². The molecule has 0 saturated carbocycles. The second kappa shape index (κ2) is 7.21. The molecule has 3 aromatic carbocycles. The lowest BCUT2D eigenvalue weighted by molar-refractivity contribution is -0.385. The van der Waals surface area contributed by atoms with Crippen LogP contribution in [0.15, 0.2) is 63.7 Å². The molecule has 0 saturated heterocycles. The van der Waals surface area contributed by atoms with E-state index in [0.717, 1.165) is 18.2 Å². The minimum Gasteiger partial charge on any atom is -0.872 e. The van der Waals surface area contributed by atoms with Crippen molar-refractivity contribution < 1.29 is 23.2 Å². The highest BCUT2D eigenvalue weighted by molar-refractivity contribution is 7.89. The molecule has 0 atom stereocenters. The molecule has 3 aromatic rings. The summed E-state index contributed by atoms with van der Waals surface area (Å²) in [4.78, 5) is 9.60. The molecule has 144 valence electrons. The van der Waals surface area contributed by atoms with E-state index >= 15 is 0 Å². The summed E-state index contributed by atoms with van der Waals surface area (Å²) in [6.45, 7) is 0. The smallest absolute Gasteiger partial charge is 0.270 e. The van der Waals surface area contributed by atoms with Crippen LogP contribution in [-0.2, 0) is 10.0 Å². The summed E-state index contributed by atoms with van der Waals surface area (Å²) >= 11 is 0. The van der Waals surface area contributed by atoms with E-state index in [4.69, 9.17) is 9.88 Å². The number of non-ortho nitro benzene ring substituents is 1. The first kappa shape index (κ1) is 19.2. The zero-order valence-electron chi connectivity index (χ0n) is 14.4. The van der Waals surface area contributed by atoms with Crippen LogP contribution < -0.4 is 15.0 Å². The van der Waals surface area contributed by atoms with Gasteiger partial charge in [0, 0.05) is 12.1 Å². The Labute approximate surface area is 159 Å². The summed E-state index contributed by atoms with van der Waals surface area (Å²) in [5.74, 6) is 0.146. The minimum absolute atomic E-state index is 0.178. The molecule has 0 bridgehead atoms. The summed E-state index contributed by atoms with van der Waals surface area (Å²) in [6, 6.07) is 10.6. The van der Waals surface area contributed by atoms with Crippen LogP contribution in [0.5, 0.6) is 11.5 Å². The molecule has 10 nitrogen and oxygen atoms in total. The predicted molar refractivity (Wildman–Crippen MR) is 98.6 cm³/mol. The number of nitrogens with zero attached hydrogens (tertiary/aromatic N) is 3. The summed E-state index contributed by atoms with van der Waals surface area (Å²) < 4.78 is 28.8. The van der Waals surface area contributed by atoms with Crippen molar-refractivity contribution in [3.63, 3.8) is 0 Å². The predicted octanol–water partition coefficient (Wildman–Crippen LogP) is 2.89. The molecule has 0 aliphatic rings. The van der Waals surface area contributed by atoms with Crippen molar-refractivity contribution in [2.75, 3.05) is 7.11 Å². The van der Waals surface area contributed by atoms with Gasteiger partial charge in [-0.3, -0.25) is 10.1 Å². The Morgan fingerprint density at radius 1 is 1.07 bits per heavy atom. The fraction of sp³-hybridized carbons (Fsp3) is 0.0588. The largest absolute Gasteiger partial charge is 0.872 e. The van der Waals surface area contributed by atoms with E-state index in [2.05, 4.69) is 10.2 Å². The van der Waals surface area contributed by atoms with Crippen molar-refractivity contribution in [2.45, 2.75) is 4.90 Å². The van der Waals surface area contributed by atoms with Crippen LogP contribution in [0, 0.1) is 10.1 Å². The van der Waals surface area contributed by atoms with Crippen LogP contribution in [0.25, 0.3) is 10.8 Å². The maximum Gasteiger partial charge on any atom is 0.270 e. The number of nitro benzene ring substituents is 1. The van der Waals surface area contributed by atoms with Crippen LogP contribution in [0.3, 0.4) is 0 Å². The molecular formula is C17H13N4O6S-. The van der Waals surface area contributed by atoms with Crippen LogP contribution in [0.2, 0.25) is 0 Å². The summed E-state index contributed by atoms with van der Waals surface area (Å²) in [7, 11) is -2.86. The number of hydrogen-bond acceptors (Lipinski definition) is 8. The number of primary sulfonamides is 1. The fourth-order valence-electron chi connectivity index (χ4n) is 2.62. The first-order valence-corrected chi connectivity index (χ1v) is 9.26. The van der Waals surface area contributed by atoms with Crippen molar-refractivity contribution >= 4 is 37.9 Å². The maximum absolute atomic E-state index is 12.1. The average Bonchev–Trinajstić information content (AvgIpc) is 2.66. The minimum atomic E-state index is -4.29. The van der Waals surface area contributed by atoms with Gasteiger partial charge in [0.2, 0.25) is 10.0 Å². The molecule has 11 heteroatoms. The second-order valence-corrected chi connectivity index (χ2v) is 7.15. The fourth-order valence-corrected chi connectivity index (χ4v) is 3.30. The molecule has 0 amide bonds. The Morgan fingerprint density at radius 3 is 2.39 bits per heavy atom. The van der Waals surface area contributed by atoms with Crippen molar-refractivity contribution in [3.05, 3.63) is 58.6 Å². The Kier molecular flexibility index (Phi) is 4.94. The van der Waals surface area contributed by atoms with Gasteiger partial charge in [-0.25, -0.2) is 13.6 Å². The number of hydrogen-bond donors (Lipinski definition) is 1. The van der Waals surface area contributed by atoms with E-state index in [1.807, 2.05) is 0 Å². The van der Waals surface area contributed by atoms with E-state index in [0.29, 0.717) is 16.5 Å². The standard InChI is InChI=1S/C17H14N4O6S/c1-27-15-4-2-3-11-14(22)8-7-13(17(11)15)20-19-12-6-5-10(21(23)24)9-16(12)28(18,25)26/h2-9,22H,1H3,(H2,18,25,26)/p-1. The molecule has 2 N–H and O–H groups in total. The van der Waals surface area contributed by atoms with E-state index in [1.54, 1.807) is 18.2 Å². The number of azo groups is 1. The first-order valence-electron chi connectivity index (χ1n) is 7.72. The van der Waals surface area contributed by atoms with E-state index in [-0.39, 0.29) is 17.1 Å². The van der Waals surface area contributed by atoms with Gasteiger partial charge in [-0.1, -0.05) is 18.2 Å². The maximum atomic E-state index is 12.1. The zero-order chi connectivity index (χ0) is 20.5. The summed E-state index contributed by atoms with van der Waals surface area (Å²) in [6.07, 6.45) is 0. The van der Waals surface area contributed by atoms with Crippen molar-refractivity contribution in [3.8, 4) is 11.5 Å². The number of rotatable bonds is 5. The zero-order valence-corrected chi connectivity index (χ0v) is 15.2. The molecule has 0 fully saturated rings. The quantitative estimate of drug-likeness (QED) is 0.393. The first-order chi connectivity index (χ1) is 13.2. The van der Waals surface area contributed by atoms with Crippen molar-refractivity contribution in [1.29, 1.82) is 0 Å². The number of methoxy groups -OCH3 is 1. The topological polar surface area (TPSA) is 160 Å². The molecule has 0 spiro atoms. The average molecular weight is 401 g/mol. The van der Waals surface area contributed by atoms with Crippen molar-refractivity contribution in [1.82, 2.24) is 0 Å². The Hall–Kier alpha value is -3.57. The van der Waals surface area contributed by atoms with Crippen LogP contribution in [0.1, 0.15) is 0 Å². The summed E-state index contributed by atoms with van der Waals surface area (Å²) in [5, 5.41) is 36.8. The van der Waals surface area contributed by atoms with E-state index in [1.165, 1.54) is 19.2 Å². The van der Waals surface area contributed by atoms with Gasteiger partial charge >= 0.3 is 0 Å². The van der Waals surface area contributed by atoms with Gasteiger partial charge in [-0.2, -0.15) is 0 Å². The number of fused-ring (bicyclic) bond motifs is 1. The normalized spacial score (nSPS) is 11.8. The van der Waals surface area contributed by atoms with Gasteiger partial charge in [0.15, 0.2) is 0 Å². The lowest BCUT2D eigenvalue weighted by Gasteiger charge is -2.14. The molecule has 0 unspecified atom stereocenters. The molecule has 3 rings (SSSR count).